The molecule has 1 N–H and O–H groups in total. The molecule has 2 aromatic rings. The maximum atomic E-state index is 13.4. The molecule has 0 bridgehead atoms. The fourth-order valence-electron chi connectivity index (χ4n) is 1.84. The summed E-state index contributed by atoms with van der Waals surface area (Å²) in [6, 6.07) is 4.21. The Morgan fingerprint density at radius 1 is 1.22 bits per heavy atom. The van der Waals surface area contributed by atoms with Gasteiger partial charge < -0.3 is 9.84 Å². The first-order chi connectivity index (χ1) is 10.7. The van der Waals surface area contributed by atoms with Gasteiger partial charge in [0.15, 0.2) is 5.75 Å². The van der Waals surface area contributed by atoms with Crippen LogP contribution in [0.2, 0.25) is 5.02 Å². The quantitative estimate of drug-likeness (QED) is 0.662. The lowest BCUT2D eigenvalue weighted by molar-refractivity contribution is -0.386. The van der Waals surface area contributed by atoms with Crippen molar-refractivity contribution in [1.29, 1.82) is 0 Å². The summed E-state index contributed by atoms with van der Waals surface area (Å²) in [5.41, 5.74) is -0.856. The van der Waals surface area contributed by atoms with Crippen LogP contribution in [0.4, 0.5) is 10.1 Å². The highest BCUT2D eigenvalue weighted by atomic mass is 35.5. The molecule has 0 fully saturated rings. The zero-order valence-corrected chi connectivity index (χ0v) is 13.1. The molecule has 23 heavy (non-hydrogen) atoms. The van der Waals surface area contributed by atoms with Gasteiger partial charge in [0, 0.05) is 17.2 Å². The molecule has 0 radical (unpaired) electrons. The van der Waals surface area contributed by atoms with Gasteiger partial charge in [0.25, 0.3) is 0 Å². The molecule has 0 aliphatic carbocycles. The molecule has 0 saturated carbocycles. The minimum atomic E-state index is -4.31. The average molecular weight is 362 g/mol. The summed E-state index contributed by atoms with van der Waals surface area (Å²) in [5.74, 6) is -2.09. The van der Waals surface area contributed by atoms with Crippen molar-refractivity contribution in [3.05, 3.63) is 51.3 Å². The molecule has 0 aliphatic heterocycles. The van der Waals surface area contributed by atoms with Crippen molar-refractivity contribution in [2.24, 2.45) is 0 Å². The first-order valence-electron chi connectivity index (χ1n) is 5.93. The van der Waals surface area contributed by atoms with Crippen LogP contribution >= 0.6 is 11.6 Å². The van der Waals surface area contributed by atoms with Crippen LogP contribution in [0.15, 0.2) is 40.1 Å². The molecule has 2 aromatic carbocycles. The average Bonchev–Trinajstić information content (AvgIpc) is 2.45. The molecular formula is C13H9ClFNO6S. The summed E-state index contributed by atoms with van der Waals surface area (Å²) in [7, 11) is -3.20. The zero-order valence-electron chi connectivity index (χ0n) is 11.5. The van der Waals surface area contributed by atoms with Crippen LogP contribution in [0.25, 0.3) is 0 Å². The third-order valence-electron chi connectivity index (χ3n) is 2.90. The van der Waals surface area contributed by atoms with Crippen LogP contribution in [0.1, 0.15) is 0 Å². The number of halogens is 2. The van der Waals surface area contributed by atoms with E-state index in [-0.39, 0.29) is 5.02 Å². The molecule has 0 unspecified atom stereocenters. The van der Waals surface area contributed by atoms with Gasteiger partial charge in [-0.3, -0.25) is 10.1 Å². The molecular weight excluding hydrogens is 353 g/mol. The lowest BCUT2D eigenvalue weighted by atomic mass is 10.3. The number of nitro groups is 1. The minimum absolute atomic E-state index is 0.149. The van der Waals surface area contributed by atoms with Crippen molar-refractivity contribution >= 4 is 27.1 Å². The Morgan fingerprint density at radius 3 is 2.35 bits per heavy atom. The number of methoxy groups -OCH3 is 1. The Hall–Kier alpha value is -2.39. The van der Waals surface area contributed by atoms with E-state index >= 15 is 0 Å². The second kappa shape index (κ2) is 6.01. The summed E-state index contributed by atoms with van der Waals surface area (Å²) in [4.78, 5) is 8.94. The first-order valence-corrected chi connectivity index (χ1v) is 7.79. The van der Waals surface area contributed by atoms with Gasteiger partial charge in [-0.15, -0.1) is 0 Å². The predicted molar refractivity (Wildman–Crippen MR) is 78.2 cm³/mol. The molecule has 0 amide bonds. The third kappa shape index (κ3) is 3.20. The number of nitrogens with zero attached hydrogens (tertiary/aromatic N) is 1. The van der Waals surface area contributed by atoms with Gasteiger partial charge in [0.05, 0.1) is 21.8 Å². The second-order valence-corrected chi connectivity index (χ2v) is 6.75. The van der Waals surface area contributed by atoms with E-state index in [2.05, 4.69) is 0 Å². The van der Waals surface area contributed by atoms with Crippen molar-refractivity contribution < 1.29 is 27.6 Å². The molecule has 0 aromatic heterocycles. The number of phenolic OH excluding ortho intramolecular Hbond substituents is 1. The van der Waals surface area contributed by atoms with Gasteiger partial charge in [-0.25, -0.2) is 12.8 Å². The number of sulfone groups is 1. The Labute approximate surface area is 135 Å². The molecule has 10 heteroatoms. The van der Waals surface area contributed by atoms with Gasteiger partial charge in [-0.1, -0.05) is 11.6 Å². The van der Waals surface area contributed by atoms with E-state index in [1.165, 1.54) is 0 Å². The largest absolute Gasteiger partial charge is 0.500 e. The van der Waals surface area contributed by atoms with Crippen LogP contribution in [0.3, 0.4) is 0 Å². The van der Waals surface area contributed by atoms with E-state index in [1.54, 1.807) is 0 Å². The molecule has 0 saturated heterocycles. The standard InChI is InChI=1S/C13H9ClFNO6S/c1-22-12-6-10(5-11(13(12)17)16(18)19)23(20,21)9-3-7(14)2-8(15)4-9/h2-6,17H,1H3. The SMILES string of the molecule is COc1cc(S(=O)(=O)c2cc(F)cc(Cl)c2)cc([N+](=O)[O-])c1O. The maximum absolute atomic E-state index is 13.4. The van der Waals surface area contributed by atoms with Crippen molar-refractivity contribution in [1.82, 2.24) is 0 Å². The number of nitro benzene ring substituents is 1. The highest BCUT2D eigenvalue weighted by Gasteiger charge is 2.27. The molecule has 7 nitrogen and oxygen atoms in total. The van der Waals surface area contributed by atoms with Gasteiger partial charge >= 0.3 is 5.69 Å². The van der Waals surface area contributed by atoms with E-state index < -0.39 is 47.6 Å². The lowest BCUT2D eigenvalue weighted by Gasteiger charge is -2.09. The van der Waals surface area contributed by atoms with Crippen LogP contribution in [-0.2, 0) is 9.84 Å². The first kappa shape index (κ1) is 17.0. The Bertz CT molecular complexity index is 879. The molecule has 0 spiro atoms. The number of phenols is 1. The summed E-state index contributed by atoms with van der Waals surface area (Å²) in [6.07, 6.45) is 0. The van der Waals surface area contributed by atoms with Gasteiger partial charge in [0.1, 0.15) is 5.82 Å². The lowest BCUT2D eigenvalue weighted by Crippen LogP contribution is -2.04. The maximum Gasteiger partial charge on any atom is 0.315 e. The highest BCUT2D eigenvalue weighted by molar-refractivity contribution is 7.91. The predicted octanol–water partition coefficient (Wildman–Crippen LogP) is 2.93. The molecule has 0 heterocycles. The second-order valence-electron chi connectivity index (χ2n) is 4.36. The summed E-state index contributed by atoms with van der Waals surface area (Å²) < 4.78 is 43.1. The summed E-state index contributed by atoms with van der Waals surface area (Å²) >= 11 is 5.63. The van der Waals surface area contributed by atoms with Gasteiger partial charge in [0.2, 0.25) is 15.6 Å². The number of rotatable bonds is 4. The zero-order chi connectivity index (χ0) is 17.4. The topological polar surface area (TPSA) is 107 Å². The van der Waals surface area contributed by atoms with Crippen LogP contribution in [-0.4, -0.2) is 25.6 Å². The minimum Gasteiger partial charge on any atom is -0.500 e. The van der Waals surface area contributed by atoms with E-state index in [0.717, 1.165) is 31.4 Å². The number of benzene rings is 2. The van der Waals surface area contributed by atoms with E-state index in [1.807, 2.05) is 0 Å². The van der Waals surface area contributed by atoms with Crippen LogP contribution in [0.5, 0.6) is 11.5 Å². The van der Waals surface area contributed by atoms with Gasteiger partial charge in [-0.05, 0) is 18.2 Å². The Balaban J connectivity index is 2.73. The van der Waals surface area contributed by atoms with Crippen molar-refractivity contribution in [3.63, 3.8) is 0 Å². The van der Waals surface area contributed by atoms with E-state index in [0.29, 0.717) is 6.07 Å². The third-order valence-corrected chi connectivity index (χ3v) is 4.83. The van der Waals surface area contributed by atoms with E-state index in [9.17, 15) is 28.0 Å². The molecule has 0 aliphatic rings. The molecule has 122 valence electrons. The monoisotopic (exact) mass is 361 g/mol. The molecule has 2 rings (SSSR count). The van der Waals surface area contributed by atoms with Crippen LogP contribution in [0, 0.1) is 15.9 Å². The number of ether oxygens (including phenoxy) is 1. The van der Waals surface area contributed by atoms with Crippen molar-refractivity contribution in [2.75, 3.05) is 7.11 Å². The fraction of sp³-hybridized carbons (Fsp3) is 0.0769. The normalized spacial score (nSPS) is 11.3. The number of hydrogen-bond donors (Lipinski definition) is 1. The summed E-state index contributed by atoms with van der Waals surface area (Å²) in [5, 5.41) is 20.4. The number of hydrogen-bond acceptors (Lipinski definition) is 6. The highest BCUT2D eigenvalue weighted by Crippen LogP contribution is 2.39. The number of aromatic hydroxyl groups is 1. The molecule has 0 atom stereocenters. The Morgan fingerprint density at radius 2 is 1.83 bits per heavy atom. The Kier molecular flexibility index (Phi) is 4.44. The fourth-order valence-corrected chi connectivity index (χ4v) is 3.48. The van der Waals surface area contributed by atoms with E-state index in [4.69, 9.17) is 16.3 Å². The van der Waals surface area contributed by atoms with Crippen LogP contribution < -0.4 is 4.74 Å². The summed E-state index contributed by atoms with van der Waals surface area (Å²) in [6.45, 7) is 0. The van der Waals surface area contributed by atoms with Crippen molar-refractivity contribution in [2.45, 2.75) is 9.79 Å². The van der Waals surface area contributed by atoms with Crippen molar-refractivity contribution in [3.8, 4) is 11.5 Å². The van der Waals surface area contributed by atoms with Gasteiger partial charge in [-0.2, -0.15) is 0 Å². The smallest absolute Gasteiger partial charge is 0.315 e.